The van der Waals surface area contributed by atoms with Gasteiger partial charge in [-0.15, -0.1) is 0 Å². The van der Waals surface area contributed by atoms with Crippen molar-refractivity contribution < 1.29 is 18.3 Å². The van der Waals surface area contributed by atoms with Crippen molar-refractivity contribution in [3.8, 4) is 0 Å². The van der Waals surface area contributed by atoms with Crippen LogP contribution in [0.5, 0.6) is 0 Å². The van der Waals surface area contributed by atoms with Crippen LogP contribution < -0.4 is 4.72 Å². The van der Waals surface area contributed by atoms with Crippen LogP contribution in [0.1, 0.15) is 48.5 Å². The molecule has 0 spiro atoms. The zero-order valence-electron chi connectivity index (χ0n) is 12.1. The van der Waals surface area contributed by atoms with E-state index >= 15 is 0 Å². The first-order valence-corrected chi connectivity index (χ1v) is 8.87. The Bertz CT molecular complexity index is 608. The summed E-state index contributed by atoms with van der Waals surface area (Å²) in [5, 5.41) is 8.93. The molecule has 0 amide bonds. The fourth-order valence-corrected chi connectivity index (χ4v) is 3.84. The minimum Gasteiger partial charge on any atom is -0.478 e. The monoisotopic (exact) mass is 311 g/mol. The Morgan fingerprint density at radius 1 is 1.43 bits per heavy atom. The van der Waals surface area contributed by atoms with E-state index in [9.17, 15) is 13.2 Å². The largest absolute Gasteiger partial charge is 0.478 e. The highest BCUT2D eigenvalue weighted by Gasteiger charge is 2.27. The Morgan fingerprint density at radius 3 is 2.71 bits per heavy atom. The Morgan fingerprint density at radius 2 is 2.14 bits per heavy atom. The molecule has 1 aromatic carbocycles. The van der Waals surface area contributed by atoms with Crippen LogP contribution in [0, 0.1) is 5.92 Å². The Hall–Kier alpha value is -1.40. The summed E-state index contributed by atoms with van der Waals surface area (Å²) in [6.45, 7) is 1.97. The first-order valence-electron chi connectivity index (χ1n) is 7.22. The van der Waals surface area contributed by atoms with Gasteiger partial charge in [-0.2, -0.15) is 0 Å². The van der Waals surface area contributed by atoms with Crippen molar-refractivity contribution in [2.75, 3.05) is 0 Å². The molecule has 5 nitrogen and oxygen atoms in total. The summed E-state index contributed by atoms with van der Waals surface area (Å²) in [5.41, 5.74) is 0.594. The van der Waals surface area contributed by atoms with Crippen molar-refractivity contribution in [1.29, 1.82) is 0 Å². The molecule has 1 aliphatic carbocycles. The molecule has 1 aliphatic rings. The fourth-order valence-electron chi connectivity index (χ4n) is 2.36. The minimum atomic E-state index is -3.45. The molecule has 1 aromatic rings. The van der Waals surface area contributed by atoms with Crippen molar-refractivity contribution in [3.05, 3.63) is 35.4 Å². The summed E-state index contributed by atoms with van der Waals surface area (Å²) in [7, 11) is -3.45. The lowest BCUT2D eigenvalue weighted by Gasteiger charge is -2.16. The highest BCUT2D eigenvalue weighted by molar-refractivity contribution is 7.88. The molecular weight excluding hydrogens is 290 g/mol. The van der Waals surface area contributed by atoms with Gasteiger partial charge in [0.1, 0.15) is 0 Å². The average molecular weight is 311 g/mol. The molecule has 6 heteroatoms. The molecule has 0 aromatic heterocycles. The number of sulfonamides is 1. The molecule has 116 valence electrons. The summed E-state index contributed by atoms with van der Waals surface area (Å²) in [4.78, 5) is 10.9. The van der Waals surface area contributed by atoms with Crippen molar-refractivity contribution in [3.63, 3.8) is 0 Å². The second-order valence-corrected chi connectivity index (χ2v) is 7.42. The molecular formula is C15H21NO4S. The van der Waals surface area contributed by atoms with Crippen LogP contribution in [0.15, 0.2) is 24.3 Å². The van der Waals surface area contributed by atoms with Gasteiger partial charge in [0.05, 0.1) is 11.3 Å². The lowest BCUT2D eigenvalue weighted by molar-refractivity contribution is 0.0696. The van der Waals surface area contributed by atoms with E-state index in [1.165, 1.54) is 25.0 Å². The molecule has 0 saturated heterocycles. The first-order chi connectivity index (χ1) is 9.89. The normalized spacial score (nSPS) is 16.6. The van der Waals surface area contributed by atoms with Gasteiger partial charge in [0.15, 0.2) is 0 Å². The Balaban J connectivity index is 2.02. The number of hydrogen-bond acceptors (Lipinski definition) is 3. The van der Waals surface area contributed by atoms with Crippen molar-refractivity contribution in [1.82, 2.24) is 4.72 Å². The third-order valence-electron chi connectivity index (χ3n) is 3.68. The van der Waals surface area contributed by atoms with Crippen LogP contribution in [-0.2, 0) is 15.8 Å². The molecule has 21 heavy (non-hydrogen) atoms. The number of carboxylic acids is 1. The van der Waals surface area contributed by atoms with Crippen LogP contribution in [-0.4, -0.2) is 25.5 Å². The van der Waals surface area contributed by atoms with Crippen LogP contribution >= 0.6 is 0 Å². The number of rotatable bonds is 8. The number of benzene rings is 1. The Kier molecular flexibility index (Phi) is 5.00. The maximum atomic E-state index is 12.2. The van der Waals surface area contributed by atoms with Gasteiger partial charge in [-0.25, -0.2) is 17.9 Å². The predicted octanol–water partition coefficient (Wildman–Crippen LogP) is 2.38. The van der Waals surface area contributed by atoms with E-state index in [1.807, 2.05) is 6.92 Å². The summed E-state index contributed by atoms with van der Waals surface area (Å²) in [6.07, 6.45) is 4.05. The summed E-state index contributed by atoms with van der Waals surface area (Å²) >= 11 is 0. The second-order valence-electron chi connectivity index (χ2n) is 5.67. The molecule has 0 heterocycles. The van der Waals surface area contributed by atoms with E-state index in [0.29, 0.717) is 11.5 Å². The molecule has 2 N–H and O–H groups in total. The lowest BCUT2D eigenvalue weighted by atomic mass is 10.1. The van der Waals surface area contributed by atoms with E-state index in [1.54, 1.807) is 12.1 Å². The Labute approximate surface area is 125 Å². The SMILES string of the molecule is CCC(CC1CC1)NS(=O)(=O)Cc1cccc(C(=O)O)c1. The molecule has 1 saturated carbocycles. The zero-order valence-corrected chi connectivity index (χ0v) is 12.9. The maximum Gasteiger partial charge on any atom is 0.335 e. The van der Waals surface area contributed by atoms with Gasteiger partial charge in [-0.3, -0.25) is 0 Å². The standard InChI is InChI=1S/C15H21NO4S/c1-2-14(9-11-6-7-11)16-21(19,20)10-12-4-3-5-13(8-12)15(17)18/h3-5,8,11,14,16H,2,6-7,9-10H2,1H3,(H,17,18). The van der Waals surface area contributed by atoms with Gasteiger partial charge in [0, 0.05) is 6.04 Å². The van der Waals surface area contributed by atoms with Crippen LogP contribution in [0.2, 0.25) is 0 Å². The third-order valence-corrected chi connectivity index (χ3v) is 5.09. The van der Waals surface area contributed by atoms with Crippen LogP contribution in [0.4, 0.5) is 0 Å². The average Bonchev–Trinajstić information content (AvgIpc) is 3.21. The molecule has 0 radical (unpaired) electrons. The van der Waals surface area contributed by atoms with Gasteiger partial charge in [0.2, 0.25) is 10.0 Å². The molecule has 0 bridgehead atoms. The molecule has 1 fully saturated rings. The third kappa shape index (κ3) is 5.13. The van der Waals surface area contributed by atoms with Crippen LogP contribution in [0.25, 0.3) is 0 Å². The zero-order chi connectivity index (χ0) is 15.5. The number of hydrogen-bond donors (Lipinski definition) is 2. The van der Waals surface area contributed by atoms with E-state index in [2.05, 4.69) is 4.72 Å². The highest BCUT2D eigenvalue weighted by atomic mass is 32.2. The molecule has 2 rings (SSSR count). The molecule has 1 atom stereocenters. The van der Waals surface area contributed by atoms with Gasteiger partial charge in [0.25, 0.3) is 0 Å². The van der Waals surface area contributed by atoms with Crippen molar-refractivity contribution in [2.24, 2.45) is 5.92 Å². The summed E-state index contributed by atoms with van der Waals surface area (Å²) < 4.78 is 27.1. The van der Waals surface area contributed by atoms with E-state index in [0.717, 1.165) is 12.8 Å². The number of nitrogens with one attached hydrogen (secondary N) is 1. The smallest absolute Gasteiger partial charge is 0.335 e. The lowest BCUT2D eigenvalue weighted by Crippen LogP contribution is -2.35. The fraction of sp³-hybridized carbons (Fsp3) is 0.533. The molecule has 1 unspecified atom stereocenters. The highest BCUT2D eigenvalue weighted by Crippen LogP contribution is 2.34. The first kappa shape index (κ1) is 16.0. The topological polar surface area (TPSA) is 83.5 Å². The van der Waals surface area contributed by atoms with E-state index < -0.39 is 16.0 Å². The molecule has 0 aliphatic heterocycles. The van der Waals surface area contributed by atoms with Crippen molar-refractivity contribution in [2.45, 2.75) is 44.4 Å². The summed E-state index contributed by atoms with van der Waals surface area (Å²) in [6, 6.07) is 6.03. The summed E-state index contributed by atoms with van der Waals surface area (Å²) in [5.74, 6) is -0.578. The van der Waals surface area contributed by atoms with E-state index in [-0.39, 0.29) is 17.4 Å². The minimum absolute atomic E-state index is 0.0230. The van der Waals surface area contributed by atoms with Gasteiger partial charge >= 0.3 is 5.97 Å². The number of carbonyl (C=O) groups is 1. The van der Waals surface area contributed by atoms with Gasteiger partial charge < -0.3 is 5.11 Å². The number of aromatic carboxylic acids is 1. The van der Waals surface area contributed by atoms with E-state index in [4.69, 9.17) is 5.11 Å². The van der Waals surface area contributed by atoms with Crippen LogP contribution in [0.3, 0.4) is 0 Å². The maximum absolute atomic E-state index is 12.2. The quantitative estimate of drug-likeness (QED) is 0.772. The number of carboxylic acid groups (broad SMARTS) is 1. The second kappa shape index (κ2) is 6.58. The van der Waals surface area contributed by atoms with Gasteiger partial charge in [-0.05, 0) is 36.5 Å². The predicted molar refractivity (Wildman–Crippen MR) is 80.6 cm³/mol. The van der Waals surface area contributed by atoms with Crippen molar-refractivity contribution >= 4 is 16.0 Å². The van der Waals surface area contributed by atoms with Gasteiger partial charge in [-0.1, -0.05) is 31.9 Å².